The number of carbonyl (C=O) groups is 4. The van der Waals surface area contributed by atoms with Crippen LogP contribution in [0.15, 0.2) is 60.7 Å². The Hall–Kier alpha value is -5.10. The molecule has 0 aliphatic carbocycles. The number of carboxylic acid groups (broad SMARTS) is 1. The van der Waals surface area contributed by atoms with Gasteiger partial charge in [-0.15, -0.1) is 0 Å². The monoisotopic (exact) mass is 619 g/mol. The molecular formula is C33H37N3O9. The van der Waals surface area contributed by atoms with E-state index in [0.29, 0.717) is 35.9 Å². The van der Waals surface area contributed by atoms with Crippen LogP contribution >= 0.6 is 0 Å². The molecule has 1 fully saturated rings. The van der Waals surface area contributed by atoms with E-state index < -0.39 is 18.1 Å². The summed E-state index contributed by atoms with van der Waals surface area (Å²) in [5, 5.41) is 13.4. The van der Waals surface area contributed by atoms with Crippen LogP contribution in [0.2, 0.25) is 0 Å². The average molecular weight is 620 g/mol. The lowest BCUT2D eigenvalue weighted by Gasteiger charge is -2.23. The third-order valence-electron chi connectivity index (χ3n) is 7.25. The van der Waals surface area contributed by atoms with Crippen LogP contribution in [0.5, 0.6) is 17.2 Å². The lowest BCUT2D eigenvalue weighted by atomic mass is 9.97. The molecule has 3 N–H and O–H groups in total. The number of esters is 1. The minimum absolute atomic E-state index is 0.0750. The fraction of sp³-hybridized carbons (Fsp3) is 0.333. The number of nitrogens with one attached hydrogen (secondary N) is 2. The van der Waals surface area contributed by atoms with E-state index in [1.54, 1.807) is 24.3 Å². The molecule has 0 aromatic heterocycles. The summed E-state index contributed by atoms with van der Waals surface area (Å²) >= 11 is 0. The lowest BCUT2D eigenvalue weighted by Crippen LogP contribution is -2.45. The minimum Gasteiger partial charge on any atom is -0.493 e. The standard InChI is InChI=1S/C31H33N3O7.C2H4O2/c1-19-7-9-22-13-24(19)21-5-4-6-23(12-21)40-18-29(35)32-14-20-8-10-26(27(11-20)38-2)41-28-16-34(17-30(36)39-3)15-25(28)33-31(22)37;1-2(3)4/h4-13,25,28H,14-18H2,1-3H3,(H,32,35)(H,33,37);1H3,(H,3,4)/t25-,28-;/m0./s1. The van der Waals surface area contributed by atoms with Crippen molar-refractivity contribution in [3.63, 3.8) is 0 Å². The van der Waals surface area contributed by atoms with Gasteiger partial charge in [-0.05, 0) is 65.6 Å². The zero-order valence-corrected chi connectivity index (χ0v) is 25.6. The van der Waals surface area contributed by atoms with Gasteiger partial charge < -0.3 is 34.7 Å². The highest BCUT2D eigenvalue weighted by Crippen LogP contribution is 2.32. The number of fused-ring (bicyclic) bond motifs is 7. The maximum absolute atomic E-state index is 13.5. The zero-order valence-electron chi connectivity index (χ0n) is 25.6. The number of carbonyl (C=O) groups excluding carboxylic acids is 3. The Balaban J connectivity index is 0.00000109. The molecule has 6 bridgehead atoms. The van der Waals surface area contributed by atoms with E-state index >= 15 is 0 Å². The minimum atomic E-state index is -0.833. The van der Waals surface area contributed by atoms with E-state index in [9.17, 15) is 14.4 Å². The summed E-state index contributed by atoms with van der Waals surface area (Å²) in [4.78, 5) is 49.0. The van der Waals surface area contributed by atoms with Crippen molar-refractivity contribution in [3.05, 3.63) is 77.4 Å². The largest absolute Gasteiger partial charge is 0.493 e. The smallest absolute Gasteiger partial charge is 0.319 e. The van der Waals surface area contributed by atoms with E-state index in [2.05, 4.69) is 10.6 Å². The number of likely N-dealkylation sites (tertiary alicyclic amines) is 1. The van der Waals surface area contributed by atoms with Crippen molar-refractivity contribution in [2.75, 3.05) is 40.5 Å². The molecule has 2 amide bonds. The van der Waals surface area contributed by atoms with Crippen molar-refractivity contribution in [3.8, 4) is 28.4 Å². The topological polar surface area (TPSA) is 153 Å². The molecule has 12 heteroatoms. The van der Waals surface area contributed by atoms with Crippen molar-refractivity contribution in [2.45, 2.75) is 32.5 Å². The Labute approximate surface area is 261 Å². The Morgan fingerprint density at radius 3 is 2.53 bits per heavy atom. The number of methoxy groups -OCH3 is 2. The number of aryl methyl sites for hydroxylation is 1. The van der Waals surface area contributed by atoms with Gasteiger partial charge in [-0.1, -0.05) is 24.3 Å². The first-order chi connectivity index (χ1) is 21.6. The van der Waals surface area contributed by atoms with E-state index in [1.165, 1.54) is 14.2 Å². The van der Waals surface area contributed by atoms with Crippen LogP contribution in [0.25, 0.3) is 11.1 Å². The van der Waals surface area contributed by atoms with Crippen LogP contribution in [0, 0.1) is 6.92 Å². The maximum Gasteiger partial charge on any atom is 0.319 e. The number of amides is 2. The summed E-state index contributed by atoms with van der Waals surface area (Å²) in [5.41, 5.74) is 4.02. The molecule has 3 aromatic carbocycles. The number of hydrogen-bond donors (Lipinski definition) is 3. The molecule has 0 saturated carbocycles. The summed E-state index contributed by atoms with van der Waals surface area (Å²) in [7, 11) is 2.88. The maximum atomic E-state index is 13.5. The second-order valence-corrected chi connectivity index (χ2v) is 10.6. The number of aliphatic carboxylic acids is 1. The second-order valence-electron chi connectivity index (χ2n) is 10.6. The average Bonchev–Trinajstić information content (AvgIpc) is 3.38. The molecule has 3 heterocycles. The van der Waals surface area contributed by atoms with Gasteiger partial charge in [0.05, 0.1) is 26.8 Å². The molecule has 0 unspecified atom stereocenters. The molecule has 3 aromatic rings. The Kier molecular flexibility index (Phi) is 11.0. The molecule has 1 saturated heterocycles. The van der Waals surface area contributed by atoms with Crippen LogP contribution in [-0.2, 0) is 25.7 Å². The van der Waals surface area contributed by atoms with Crippen molar-refractivity contribution in [1.29, 1.82) is 0 Å². The highest BCUT2D eigenvalue weighted by Gasteiger charge is 2.37. The predicted molar refractivity (Wildman–Crippen MR) is 164 cm³/mol. The molecule has 0 spiro atoms. The molecule has 3 aliphatic rings. The number of ether oxygens (including phenoxy) is 4. The van der Waals surface area contributed by atoms with Gasteiger partial charge in [0, 0.05) is 32.1 Å². The van der Waals surface area contributed by atoms with E-state index in [4.69, 9.17) is 28.8 Å². The molecule has 0 radical (unpaired) electrons. The van der Waals surface area contributed by atoms with Crippen molar-refractivity contribution >= 4 is 23.8 Å². The van der Waals surface area contributed by atoms with Crippen LogP contribution in [-0.4, -0.2) is 86.4 Å². The summed E-state index contributed by atoms with van der Waals surface area (Å²) in [6.07, 6.45) is -0.465. The molecule has 3 aliphatic heterocycles. The number of rotatable bonds is 3. The zero-order chi connectivity index (χ0) is 32.5. The van der Waals surface area contributed by atoms with Gasteiger partial charge >= 0.3 is 5.97 Å². The normalized spacial score (nSPS) is 18.0. The van der Waals surface area contributed by atoms with E-state index in [0.717, 1.165) is 29.2 Å². The number of carboxylic acids is 1. The van der Waals surface area contributed by atoms with Crippen LogP contribution < -0.4 is 24.8 Å². The third-order valence-corrected chi connectivity index (χ3v) is 7.25. The van der Waals surface area contributed by atoms with Crippen LogP contribution in [0.4, 0.5) is 0 Å². The van der Waals surface area contributed by atoms with Gasteiger partial charge in [0.15, 0.2) is 18.1 Å². The first-order valence-corrected chi connectivity index (χ1v) is 14.3. The first-order valence-electron chi connectivity index (χ1n) is 14.3. The molecule has 238 valence electrons. The third kappa shape index (κ3) is 8.96. The number of benzene rings is 3. The lowest BCUT2D eigenvalue weighted by molar-refractivity contribution is -0.141. The molecule has 6 rings (SSSR count). The Morgan fingerprint density at radius 2 is 1.80 bits per heavy atom. The van der Waals surface area contributed by atoms with Gasteiger partial charge in [0.1, 0.15) is 11.9 Å². The summed E-state index contributed by atoms with van der Waals surface area (Å²) in [6.45, 7) is 4.06. The molecule has 12 nitrogen and oxygen atoms in total. The summed E-state index contributed by atoms with van der Waals surface area (Å²) < 4.78 is 22.6. The van der Waals surface area contributed by atoms with Gasteiger partial charge in [-0.2, -0.15) is 0 Å². The van der Waals surface area contributed by atoms with Gasteiger partial charge in [0.25, 0.3) is 17.8 Å². The van der Waals surface area contributed by atoms with Crippen molar-refractivity contribution in [1.82, 2.24) is 15.5 Å². The quantitative estimate of drug-likeness (QED) is 0.373. The van der Waals surface area contributed by atoms with E-state index in [1.807, 2.05) is 48.2 Å². The van der Waals surface area contributed by atoms with Crippen molar-refractivity contribution in [2.24, 2.45) is 0 Å². The highest BCUT2D eigenvalue weighted by molar-refractivity contribution is 5.96. The number of hydrogen-bond acceptors (Lipinski definition) is 9. The van der Waals surface area contributed by atoms with E-state index in [-0.39, 0.29) is 37.5 Å². The highest BCUT2D eigenvalue weighted by atomic mass is 16.5. The van der Waals surface area contributed by atoms with Crippen LogP contribution in [0.1, 0.15) is 28.4 Å². The van der Waals surface area contributed by atoms with Crippen molar-refractivity contribution < 1.29 is 43.2 Å². The van der Waals surface area contributed by atoms with Crippen LogP contribution in [0.3, 0.4) is 0 Å². The second kappa shape index (κ2) is 15.1. The fourth-order valence-electron chi connectivity index (χ4n) is 5.05. The molecule has 45 heavy (non-hydrogen) atoms. The number of nitrogens with zero attached hydrogens (tertiary/aromatic N) is 1. The Bertz CT molecular complexity index is 1550. The van der Waals surface area contributed by atoms with Gasteiger partial charge in [-0.3, -0.25) is 24.1 Å². The summed E-state index contributed by atoms with van der Waals surface area (Å²) in [6, 6.07) is 17.9. The van der Waals surface area contributed by atoms with Gasteiger partial charge in [0.2, 0.25) is 0 Å². The molecular weight excluding hydrogens is 582 g/mol. The fourth-order valence-corrected chi connectivity index (χ4v) is 5.05. The first kappa shape index (κ1) is 32.8. The SMILES string of the molecule is CC(=O)O.COC(=O)CN1C[C@@H]2NC(=O)c3ccc(C)c(c3)-c3cccc(c3)OCC(=O)NCc3ccc(c(OC)c3)O[C@H]2C1. The molecule has 2 atom stereocenters. The van der Waals surface area contributed by atoms with Gasteiger partial charge in [-0.25, -0.2) is 0 Å². The Morgan fingerprint density at radius 1 is 1.02 bits per heavy atom. The predicted octanol–water partition coefficient (Wildman–Crippen LogP) is 2.80. The summed E-state index contributed by atoms with van der Waals surface area (Å²) in [5.74, 6) is -0.209.